The highest BCUT2D eigenvalue weighted by Gasteiger charge is 2.55. The molecule has 0 aromatic rings. The number of rotatable bonds is 2. The lowest BCUT2D eigenvalue weighted by molar-refractivity contribution is -0.145. The maximum atomic E-state index is 12.5. The molecule has 3 heterocycles. The summed E-state index contributed by atoms with van der Waals surface area (Å²) in [6.07, 6.45) is 2.04. The predicted octanol–water partition coefficient (Wildman–Crippen LogP) is 1.50. The van der Waals surface area contributed by atoms with E-state index in [1.54, 1.807) is 13.0 Å². The number of hydrogen-bond acceptors (Lipinski definition) is 6. The van der Waals surface area contributed by atoms with Crippen molar-refractivity contribution in [2.24, 2.45) is 11.8 Å². The highest BCUT2D eigenvalue weighted by atomic mass is 16.6. The zero-order valence-corrected chi connectivity index (χ0v) is 15.6. The summed E-state index contributed by atoms with van der Waals surface area (Å²) in [7, 11) is 0. The van der Waals surface area contributed by atoms with E-state index < -0.39 is 17.7 Å². The van der Waals surface area contributed by atoms with Crippen molar-refractivity contribution in [2.75, 3.05) is 6.61 Å². The average molecular weight is 364 g/mol. The van der Waals surface area contributed by atoms with Crippen LogP contribution in [0.5, 0.6) is 0 Å². The molecule has 0 radical (unpaired) electrons. The summed E-state index contributed by atoms with van der Waals surface area (Å²) in [5.74, 6) is -0.529. The summed E-state index contributed by atoms with van der Waals surface area (Å²) in [6.45, 7) is 10.1. The topological polar surface area (TPSA) is 91.8 Å². The fraction of sp³-hybridized carbons (Fsp3) is 0.750. The van der Waals surface area contributed by atoms with Gasteiger partial charge in [0.05, 0.1) is 23.9 Å². The van der Waals surface area contributed by atoms with E-state index in [2.05, 4.69) is 6.58 Å². The first-order valence-corrected chi connectivity index (χ1v) is 9.40. The van der Waals surface area contributed by atoms with Gasteiger partial charge in [-0.25, -0.2) is 4.79 Å². The second-order valence-corrected chi connectivity index (χ2v) is 8.92. The molecule has 0 aromatic heterocycles. The molecule has 2 N–H and O–H groups in total. The van der Waals surface area contributed by atoms with Crippen molar-refractivity contribution in [1.82, 2.24) is 0 Å². The van der Waals surface area contributed by atoms with Crippen molar-refractivity contribution in [3.05, 3.63) is 23.8 Å². The van der Waals surface area contributed by atoms with E-state index in [4.69, 9.17) is 14.2 Å². The van der Waals surface area contributed by atoms with Crippen molar-refractivity contribution in [2.45, 2.75) is 75.7 Å². The quantitative estimate of drug-likeness (QED) is 0.334. The van der Waals surface area contributed by atoms with Crippen LogP contribution in [-0.4, -0.2) is 58.4 Å². The van der Waals surface area contributed by atoms with E-state index in [0.29, 0.717) is 31.4 Å². The van der Waals surface area contributed by atoms with Crippen LogP contribution in [0.4, 0.5) is 0 Å². The molecule has 26 heavy (non-hydrogen) atoms. The van der Waals surface area contributed by atoms with Crippen LogP contribution in [0.1, 0.15) is 40.0 Å². The Balaban J connectivity index is 1.61. The fourth-order valence-corrected chi connectivity index (χ4v) is 4.57. The lowest BCUT2D eigenvalue weighted by atomic mass is 9.75. The minimum atomic E-state index is -0.924. The molecule has 3 aliphatic heterocycles. The number of carbonyl (C=O) groups excluding carboxylic acids is 1. The third-order valence-corrected chi connectivity index (χ3v) is 6.38. The standard InChI is InChI=1S/C20H28O6/c1-10-7-15-17(25-15)20(4,23)6-5-11-12(18(22)24-9-13(10)11)8-14(21)16-19(2,3)26-16/h8,11,13-17,21,23H,1,5-7,9H2,2-4H3/b12-8+/t11-,13+,14-,15-,16+,17-,20+/m1/s1. The van der Waals surface area contributed by atoms with E-state index in [-0.39, 0.29) is 35.7 Å². The molecule has 4 fully saturated rings. The second kappa shape index (κ2) is 5.89. The number of esters is 1. The van der Waals surface area contributed by atoms with Crippen LogP contribution in [0, 0.1) is 11.8 Å². The fourth-order valence-electron chi connectivity index (χ4n) is 4.57. The number of aliphatic hydroxyl groups is 2. The third kappa shape index (κ3) is 3.13. The molecule has 3 saturated heterocycles. The number of aliphatic hydroxyl groups excluding tert-OH is 1. The maximum absolute atomic E-state index is 12.5. The molecule has 6 nitrogen and oxygen atoms in total. The van der Waals surface area contributed by atoms with Gasteiger partial charge in [0.1, 0.15) is 18.3 Å². The highest BCUT2D eigenvalue weighted by Crippen LogP contribution is 2.47. The van der Waals surface area contributed by atoms with Gasteiger partial charge in [0, 0.05) is 17.4 Å². The third-order valence-electron chi connectivity index (χ3n) is 6.38. The lowest BCUT2D eigenvalue weighted by Crippen LogP contribution is -2.37. The zero-order valence-electron chi connectivity index (χ0n) is 15.6. The maximum Gasteiger partial charge on any atom is 0.334 e. The first-order chi connectivity index (χ1) is 12.1. The molecule has 7 atom stereocenters. The Hall–Kier alpha value is -1.21. The van der Waals surface area contributed by atoms with E-state index in [9.17, 15) is 15.0 Å². The summed E-state index contributed by atoms with van der Waals surface area (Å²) in [4.78, 5) is 12.5. The Labute approximate surface area is 153 Å². The average Bonchev–Trinajstić information content (AvgIpc) is 3.44. The van der Waals surface area contributed by atoms with Gasteiger partial charge in [-0.05, 0) is 46.1 Å². The van der Waals surface area contributed by atoms with Crippen LogP contribution >= 0.6 is 0 Å². The number of cyclic esters (lactones) is 1. The van der Waals surface area contributed by atoms with Crippen LogP contribution in [0.3, 0.4) is 0 Å². The van der Waals surface area contributed by atoms with Crippen molar-refractivity contribution in [1.29, 1.82) is 0 Å². The molecule has 0 bridgehead atoms. The second-order valence-electron chi connectivity index (χ2n) is 8.92. The minimum Gasteiger partial charge on any atom is -0.462 e. The van der Waals surface area contributed by atoms with Gasteiger partial charge in [-0.3, -0.25) is 0 Å². The van der Waals surface area contributed by atoms with E-state index in [1.165, 1.54) is 0 Å². The Kier molecular flexibility index (Phi) is 4.12. The van der Waals surface area contributed by atoms with Gasteiger partial charge < -0.3 is 24.4 Å². The number of fused-ring (bicyclic) bond motifs is 2. The molecule has 0 unspecified atom stereocenters. The molecular formula is C20H28O6. The van der Waals surface area contributed by atoms with Gasteiger partial charge in [0.15, 0.2) is 0 Å². The van der Waals surface area contributed by atoms with Gasteiger partial charge in [-0.15, -0.1) is 0 Å². The molecule has 1 saturated carbocycles. The number of ether oxygens (including phenoxy) is 3. The minimum absolute atomic E-state index is 0.00689. The van der Waals surface area contributed by atoms with Crippen molar-refractivity contribution >= 4 is 5.97 Å². The Bertz CT molecular complexity index is 663. The van der Waals surface area contributed by atoms with Crippen molar-refractivity contribution < 1.29 is 29.2 Å². The molecule has 144 valence electrons. The summed E-state index contributed by atoms with van der Waals surface area (Å²) in [5.41, 5.74) is 0.162. The number of hydrogen-bond donors (Lipinski definition) is 2. The van der Waals surface area contributed by atoms with Crippen LogP contribution in [-0.2, 0) is 19.0 Å². The van der Waals surface area contributed by atoms with E-state index >= 15 is 0 Å². The van der Waals surface area contributed by atoms with Crippen LogP contribution in [0.15, 0.2) is 23.8 Å². The largest absolute Gasteiger partial charge is 0.462 e. The molecular weight excluding hydrogens is 336 g/mol. The van der Waals surface area contributed by atoms with Gasteiger partial charge >= 0.3 is 5.97 Å². The predicted molar refractivity (Wildman–Crippen MR) is 93.3 cm³/mol. The molecule has 0 amide bonds. The van der Waals surface area contributed by atoms with Gasteiger partial charge in [-0.1, -0.05) is 12.2 Å². The van der Waals surface area contributed by atoms with Gasteiger partial charge in [-0.2, -0.15) is 0 Å². The van der Waals surface area contributed by atoms with Crippen LogP contribution in [0.2, 0.25) is 0 Å². The molecule has 0 aromatic carbocycles. The Morgan fingerprint density at radius 3 is 2.65 bits per heavy atom. The Morgan fingerprint density at radius 1 is 1.31 bits per heavy atom. The molecule has 6 heteroatoms. The first kappa shape index (κ1) is 18.2. The van der Waals surface area contributed by atoms with Crippen LogP contribution < -0.4 is 0 Å². The summed E-state index contributed by atoms with van der Waals surface area (Å²) in [5, 5.41) is 21.2. The van der Waals surface area contributed by atoms with Gasteiger partial charge in [0.2, 0.25) is 0 Å². The molecule has 1 aliphatic carbocycles. The monoisotopic (exact) mass is 364 g/mol. The molecule has 4 rings (SSSR count). The van der Waals surface area contributed by atoms with Crippen molar-refractivity contribution in [3.8, 4) is 0 Å². The van der Waals surface area contributed by atoms with E-state index in [1.807, 2.05) is 13.8 Å². The SMILES string of the molecule is C=C1C[C@H]2O[C@H]2[C@@](C)(O)CC[C@@H]2/C(=C\[C@@H](O)[C@@H]3OC3(C)C)C(=O)OC[C@@H]12. The summed E-state index contributed by atoms with van der Waals surface area (Å²) < 4.78 is 16.5. The highest BCUT2D eigenvalue weighted by molar-refractivity contribution is 5.90. The molecule has 0 spiro atoms. The number of carbonyl (C=O) groups is 1. The number of epoxide rings is 2. The smallest absolute Gasteiger partial charge is 0.334 e. The summed E-state index contributed by atoms with van der Waals surface area (Å²) >= 11 is 0. The normalized spacial score (nSPS) is 47.0. The van der Waals surface area contributed by atoms with E-state index in [0.717, 1.165) is 5.57 Å². The van der Waals surface area contributed by atoms with Gasteiger partial charge in [0.25, 0.3) is 0 Å². The first-order valence-electron chi connectivity index (χ1n) is 9.40. The Morgan fingerprint density at radius 2 is 2.00 bits per heavy atom. The van der Waals surface area contributed by atoms with Crippen LogP contribution in [0.25, 0.3) is 0 Å². The zero-order chi connectivity index (χ0) is 18.9. The lowest BCUT2D eigenvalue weighted by Gasteiger charge is -2.35. The summed E-state index contributed by atoms with van der Waals surface area (Å²) in [6, 6.07) is 0. The van der Waals surface area contributed by atoms with Crippen molar-refractivity contribution in [3.63, 3.8) is 0 Å². The molecule has 4 aliphatic rings.